The molecule has 0 N–H and O–H groups in total. The number of benzene rings is 10. The number of aryl methyl sites for hydroxylation is 4. The molecule has 74 heavy (non-hydrogen) atoms. The van der Waals surface area contributed by atoms with Crippen LogP contribution >= 0.6 is 0 Å². The van der Waals surface area contributed by atoms with Gasteiger partial charge < -0.3 is 28.7 Å². The van der Waals surface area contributed by atoms with Crippen LogP contribution < -0.4 is 19.6 Å². The molecular weight excluding hydrogens is 905 g/mol. The molecule has 0 aliphatic rings. The second-order valence-electron chi connectivity index (χ2n) is 20.1. The predicted octanol–water partition coefficient (Wildman–Crippen LogP) is 17.2. The molecule has 0 saturated carbocycles. The Morgan fingerprint density at radius 2 is 0.689 bits per heavy atom. The van der Waals surface area contributed by atoms with Crippen molar-refractivity contribution < 1.29 is 0 Å². The van der Waals surface area contributed by atoms with Crippen LogP contribution in [0.25, 0.3) is 70.6 Å². The fourth-order valence-corrected chi connectivity index (χ4v) is 10.9. The van der Waals surface area contributed by atoms with Gasteiger partial charge in [0.2, 0.25) is 5.69 Å². The van der Waals surface area contributed by atoms with E-state index in [1.54, 1.807) is 0 Å². The van der Waals surface area contributed by atoms with E-state index in [2.05, 4.69) is 249 Å². The van der Waals surface area contributed by atoms with Crippen molar-refractivity contribution in [1.29, 1.82) is 5.26 Å². The number of fused-ring (bicyclic) bond motifs is 4. The van der Waals surface area contributed by atoms with Crippen LogP contribution in [0.1, 0.15) is 27.8 Å². The first-order valence-corrected chi connectivity index (χ1v) is 25.0. The highest BCUT2D eigenvalue weighted by Crippen LogP contribution is 2.54. The zero-order chi connectivity index (χ0) is 51.1. The Balaban J connectivity index is 1.17. The minimum atomic E-state index is 0.565. The molecule has 0 unspecified atom stereocenters. The third-order valence-corrected chi connectivity index (χ3v) is 14.8. The number of anilines is 8. The van der Waals surface area contributed by atoms with Crippen LogP contribution in [0.5, 0.6) is 0 Å². The standard InChI is InChI=1S/C66H54N8/c1-41-10-18-45(19-11-41)71(46-20-12-42(2)13-21-46)49-26-30-51(31-27-49)73-64-56-37-35-54(70(8)9)39-58(56)62(68-5)66-61(64)60-63(55-36-34-53(69(6)7)38-57(55)59(40-67)65(60)73)74(66)52-32-28-50(29-33-52)72(47-22-14-43(3)15-23-47)48-24-16-44(4)17-25-48/h10-39H,1-4,6-9H3. The molecule has 2 heterocycles. The van der Waals surface area contributed by atoms with Crippen molar-refractivity contribution in [1.82, 2.24) is 9.13 Å². The first-order valence-electron chi connectivity index (χ1n) is 25.0. The molecule has 10 aromatic carbocycles. The summed E-state index contributed by atoms with van der Waals surface area (Å²) in [6.07, 6.45) is 0. The molecule has 2 aromatic heterocycles. The Hall–Kier alpha value is -9.50. The van der Waals surface area contributed by atoms with Crippen LogP contribution in [0, 0.1) is 45.6 Å². The molecule has 0 saturated heterocycles. The number of rotatable bonds is 10. The fraction of sp³-hybridized carbons (Fsp3) is 0.121. The van der Waals surface area contributed by atoms with Gasteiger partial charge in [-0.2, -0.15) is 5.26 Å². The average molecular weight is 959 g/mol. The zero-order valence-electron chi connectivity index (χ0n) is 42.9. The van der Waals surface area contributed by atoms with Gasteiger partial charge in [0.1, 0.15) is 6.07 Å². The maximum Gasteiger partial charge on any atom is 0.219 e. The molecule has 12 aromatic rings. The first kappa shape index (κ1) is 45.6. The van der Waals surface area contributed by atoms with Crippen LogP contribution in [0.3, 0.4) is 0 Å². The van der Waals surface area contributed by atoms with Crippen LogP contribution in [-0.2, 0) is 0 Å². The van der Waals surface area contributed by atoms with E-state index in [1.165, 1.54) is 22.3 Å². The highest BCUT2D eigenvalue weighted by molar-refractivity contribution is 6.39. The molecule has 358 valence electrons. The van der Waals surface area contributed by atoms with Gasteiger partial charge >= 0.3 is 0 Å². The van der Waals surface area contributed by atoms with Crippen molar-refractivity contribution in [3.8, 4) is 17.4 Å². The SMILES string of the molecule is [C-]#[N+]c1c2cc(N(C)C)ccc2c2c3c4c(c(C#N)c5cc(N(C)C)ccc5c4n(-c4ccc(N(c5ccc(C)cc5)c5ccc(C)cc5)cc4)c13)n2-c1ccc(N(c2ccc(C)cc2)c2ccc(C)cc2)cc1. The molecule has 0 amide bonds. The van der Waals surface area contributed by atoms with E-state index in [0.29, 0.717) is 11.3 Å². The monoisotopic (exact) mass is 958 g/mol. The molecular formula is C66H54N8. The highest BCUT2D eigenvalue weighted by atomic mass is 15.2. The number of aromatic nitrogens is 2. The predicted molar refractivity (Wildman–Crippen MR) is 312 cm³/mol. The maximum atomic E-state index is 11.6. The lowest BCUT2D eigenvalue weighted by Crippen LogP contribution is -2.10. The van der Waals surface area contributed by atoms with Crippen molar-refractivity contribution >= 4 is 106 Å². The summed E-state index contributed by atoms with van der Waals surface area (Å²) >= 11 is 0. The molecule has 0 aliphatic carbocycles. The van der Waals surface area contributed by atoms with E-state index in [4.69, 9.17) is 6.57 Å². The van der Waals surface area contributed by atoms with Crippen molar-refractivity contribution in [2.24, 2.45) is 0 Å². The average Bonchev–Trinajstić information content (AvgIpc) is 4.08. The van der Waals surface area contributed by atoms with E-state index in [1.807, 2.05) is 28.2 Å². The van der Waals surface area contributed by atoms with Crippen LogP contribution in [-0.4, -0.2) is 37.3 Å². The van der Waals surface area contributed by atoms with Gasteiger partial charge in [0.15, 0.2) is 0 Å². The Morgan fingerprint density at radius 1 is 0.378 bits per heavy atom. The van der Waals surface area contributed by atoms with Gasteiger partial charge in [-0.3, -0.25) is 0 Å². The number of nitriles is 1. The summed E-state index contributed by atoms with van der Waals surface area (Å²) in [4.78, 5) is 13.2. The summed E-state index contributed by atoms with van der Waals surface area (Å²) in [6, 6.07) is 67.7. The summed E-state index contributed by atoms with van der Waals surface area (Å²) in [5.41, 5.74) is 19.5. The third kappa shape index (κ3) is 7.26. The Morgan fingerprint density at radius 3 is 1.04 bits per heavy atom. The number of hydrogen-bond donors (Lipinski definition) is 0. The quantitative estimate of drug-likeness (QED) is 0.128. The maximum absolute atomic E-state index is 11.6. The van der Waals surface area contributed by atoms with Crippen LogP contribution in [0.2, 0.25) is 0 Å². The third-order valence-electron chi connectivity index (χ3n) is 14.8. The largest absolute Gasteiger partial charge is 0.378 e. The molecule has 0 aliphatic heterocycles. The van der Waals surface area contributed by atoms with Crippen molar-refractivity contribution in [3.05, 3.63) is 221 Å². The lowest BCUT2D eigenvalue weighted by molar-refractivity contribution is 1.13. The van der Waals surface area contributed by atoms with E-state index in [9.17, 15) is 5.26 Å². The second-order valence-corrected chi connectivity index (χ2v) is 20.1. The summed E-state index contributed by atoms with van der Waals surface area (Å²) in [6.45, 7) is 17.5. The lowest BCUT2D eigenvalue weighted by Gasteiger charge is -2.26. The van der Waals surface area contributed by atoms with Crippen molar-refractivity contribution in [3.63, 3.8) is 0 Å². The van der Waals surface area contributed by atoms with Crippen molar-refractivity contribution in [2.45, 2.75) is 27.7 Å². The normalized spacial score (nSPS) is 11.5. The van der Waals surface area contributed by atoms with E-state index in [0.717, 1.165) is 111 Å². The van der Waals surface area contributed by atoms with Gasteiger partial charge in [-0.25, -0.2) is 4.85 Å². The van der Waals surface area contributed by atoms with Gasteiger partial charge in [0, 0.05) is 107 Å². The minimum Gasteiger partial charge on any atom is -0.378 e. The van der Waals surface area contributed by atoms with Gasteiger partial charge in [0.25, 0.3) is 0 Å². The molecule has 8 nitrogen and oxygen atoms in total. The van der Waals surface area contributed by atoms with E-state index in [-0.39, 0.29) is 0 Å². The van der Waals surface area contributed by atoms with Crippen LogP contribution in [0.4, 0.5) is 51.2 Å². The smallest absolute Gasteiger partial charge is 0.219 e. The van der Waals surface area contributed by atoms with Gasteiger partial charge in [-0.15, -0.1) is 0 Å². The Bertz CT molecular complexity index is 3840. The van der Waals surface area contributed by atoms with Gasteiger partial charge in [-0.05, 0) is 160 Å². The van der Waals surface area contributed by atoms with Gasteiger partial charge in [0.05, 0.1) is 34.2 Å². The van der Waals surface area contributed by atoms with Gasteiger partial charge in [-0.1, -0.05) is 82.9 Å². The summed E-state index contributed by atoms with van der Waals surface area (Å²) in [7, 11) is 8.14. The summed E-state index contributed by atoms with van der Waals surface area (Å²) in [5, 5.41) is 17.1. The molecule has 0 radical (unpaired) electrons. The molecule has 12 rings (SSSR count). The Kier molecular flexibility index (Phi) is 10.9. The molecule has 0 fully saturated rings. The second kappa shape index (κ2) is 17.7. The van der Waals surface area contributed by atoms with Crippen LogP contribution in [0.15, 0.2) is 182 Å². The van der Waals surface area contributed by atoms with E-state index < -0.39 is 0 Å². The number of hydrogen-bond acceptors (Lipinski definition) is 5. The lowest BCUT2D eigenvalue weighted by atomic mass is 9.98. The molecule has 8 heteroatoms. The minimum absolute atomic E-state index is 0.565. The zero-order valence-corrected chi connectivity index (χ0v) is 42.9. The number of nitrogens with zero attached hydrogens (tertiary/aromatic N) is 8. The Labute approximate surface area is 432 Å². The molecule has 0 spiro atoms. The summed E-state index contributed by atoms with van der Waals surface area (Å²) in [5.74, 6) is 0. The van der Waals surface area contributed by atoms with Crippen molar-refractivity contribution in [2.75, 3.05) is 47.8 Å². The molecule has 0 atom stereocenters. The van der Waals surface area contributed by atoms with E-state index >= 15 is 0 Å². The highest BCUT2D eigenvalue weighted by Gasteiger charge is 2.32. The fourth-order valence-electron chi connectivity index (χ4n) is 10.9. The first-order chi connectivity index (χ1) is 35.9. The topological polar surface area (TPSA) is 51.0 Å². The summed E-state index contributed by atoms with van der Waals surface area (Å²) < 4.78 is 4.61. The molecule has 0 bridgehead atoms.